The molecule has 0 spiro atoms. The molecule has 1 fully saturated rings. The Balaban J connectivity index is 1.51. The third kappa shape index (κ3) is 4.38. The predicted molar refractivity (Wildman–Crippen MR) is 162 cm³/mol. The zero-order chi connectivity index (χ0) is 32.7. The molecule has 2 aromatic heterocycles. The van der Waals surface area contributed by atoms with Crippen molar-refractivity contribution in [3.8, 4) is 0 Å². The van der Waals surface area contributed by atoms with Crippen LogP contribution < -0.4 is 5.32 Å². The highest BCUT2D eigenvalue weighted by molar-refractivity contribution is 6.39. The van der Waals surface area contributed by atoms with Crippen molar-refractivity contribution in [1.29, 1.82) is 0 Å². The van der Waals surface area contributed by atoms with Gasteiger partial charge in [-0.3, -0.25) is 14.9 Å². The Morgan fingerprint density at radius 1 is 0.915 bits per heavy atom. The molecule has 2 aliphatic heterocycles. The van der Waals surface area contributed by atoms with Gasteiger partial charge in [-0.15, -0.1) is 0 Å². The molecular weight excluding hydrogens is 622 g/mol. The summed E-state index contributed by atoms with van der Waals surface area (Å²) in [6, 6.07) is 13.0. The van der Waals surface area contributed by atoms with Gasteiger partial charge in [0.1, 0.15) is 6.10 Å². The van der Waals surface area contributed by atoms with Gasteiger partial charge in [0.05, 0.1) is 53.1 Å². The minimum atomic E-state index is -1.21. The molecule has 2 aliphatic rings. The van der Waals surface area contributed by atoms with E-state index in [-0.39, 0.29) is 67.8 Å². The van der Waals surface area contributed by atoms with Crippen molar-refractivity contribution in [3.63, 3.8) is 0 Å². The summed E-state index contributed by atoms with van der Waals surface area (Å²) in [5.41, 5.74) is 1.07. The number of ether oxygens (including phenoxy) is 3. The average molecular weight is 648 g/mol. The van der Waals surface area contributed by atoms with E-state index in [0.717, 1.165) is 29.8 Å². The second kappa shape index (κ2) is 10.9. The number of aromatic amines is 1. The fourth-order valence-electron chi connectivity index (χ4n) is 7.04. The number of carbonyl (C=O) groups is 2. The second-order valence-corrected chi connectivity index (χ2v) is 11.7. The number of imide groups is 1. The van der Waals surface area contributed by atoms with Crippen LogP contribution in [0, 0.1) is 23.3 Å². The van der Waals surface area contributed by atoms with Gasteiger partial charge in [-0.2, -0.15) is 0 Å². The summed E-state index contributed by atoms with van der Waals surface area (Å²) in [5, 5.41) is 12.9. The first-order chi connectivity index (χ1) is 22.7. The molecule has 0 radical (unpaired) electrons. The van der Waals surface area contributed by atoms with Crippen LogP contribution in [-0.2, 0) is 20.8 Å². The third-order valence-electron chi connectivity index (χ3n) is 9.07. The number of H-pyrrole nitrogens is 1. The molecule has 0 saturated carbocycles. The van der Waals surface area contributed by atoms with Crippen molar-refractivity contribution in [3.05, 3.63) is 94.6 Å². The van der Waals surface area contributed by atoms with E-state index in [4.69, 9.17) is 14.2 Å². The number of carbonyl (C=O) groups excluding carboxylic acids is 2. The number of hydrogen-bond donors (Lipinski definition) is 3. The lowest BCUT2D eigenvalue weighted by Crippen LogP contribution is -2.49. The Bertz CT molecular complexity index is 2290. The monoisotopic (exact) mass is 647 g/mol. The summed E-state index contributed by atoms with van der Waals surface area (Å²) >= 11 is 0. The molecule has 240 valence electrons. The Hall–Kier alpha value is -4.82. The van der Waals surface area contributed by atoms with Gasteiger partial charge < -0.3 is 28.9 Å². The molecule has 9 nitrogen and oxygen atoms in total. The van der Waals surface area contributed by atoms with E-state index in [2.05, 4.69) is 10.3 Å². The molecule has 0 aliphatic carbocycles. The number of methoxy groups -OCH3 is 1. The van der Waals surface area contributed by atoms with E-state index in [1.54, 1.807) is 0 Å². The first kappa shape index (κ1) is 29.6. The van der Waals surface area contributed by atoms with Gasteiger partial charge >= 0.3 is 0 Å². The van der Waals surface area contributed by atoms with E-state index < -0.39 is 66.2 Å². The summed E-state index contributed by atoms with van der Waals surface area (Å²) in [4.78, 5) is 29.8. The standard InChI is InChI=1S/C34H25F4N3O6/c1-45-24-7-15(12-42)47-34(31(24)46-13-14-5-3-2-4-6-14)41-23-11-21(38)19(36)9-17(23)26-28-27(32(43)40-33(28)44)25-16-8-18(35)20(37)10-22(16)39-29(25)30(26)41/h2-6,8-11,15,24,31,34,39,42H,7,12-13H2,1H3,(H,40,43,44)/t15-,24+,31+,34+/m0/s1. The lowest BCUT2D eigenvalue weighted by atomic mass is 9.96. The van der Waals surface area contributed by atoms with Crippen LogP contribution in [0.25, 0.3) is 43.6 Å². The fraction of sp³-hybridized carbons (Fsp3) is 0.235. The normalized spacial score (nSPS) is 21.4. The van der Waals surface area contributed by atoms with Gasteiger partial charge in [-0.05, 0) is 17.7 Å². The van der Waals surface area contributed by atoms with Crippen molar-refractivity contribution in [2.24, 2.45) is 0 Å². The van der Waals surface area contributed by atoms with Gasteiger partial charge in [0, 0.05) is 52.7 Å². The van der Waals surface area contributed by atoms with E-state index >= 15 is 4.39 Å². The van der Waals surface area contributed by atoms with Crippen molar-refractivity contribution in [2.45, 2.75) is 37.6 Å². The maximum atomic E-state index is 15.1. The van der Waals surface area contributed by atoms with E-state index in [9.17, 15) is 27.9 Å². The summed E-state index contributed by atoms with van der Waals surface area (Å²) in [7, 11) is 1.48. The minimum absolute atomic E-state index is 0.0726. The lowest BCUT2D eigenvalue weighted by Gasteiger charge is -2.41. The third-order valence-corrected chi connectivity index (χ3v) is 9.07. The van der Waals surface area contributed by atoms with Gasteiger partial charge in [0.15, 0.2) is 29.5 Å². The number of aliphatic hydroxyl groups is 1. The number of aliphatic hydroxyl groups excluding tert-OH is 1. The number of fused-ring (bicyclic) bond motifs is 10. The zero-order valence-corrected chi connectivity index (χ0v) is 24.6. The molecule has 3 N–H and O–H groups in total. The highest BCUT2D eigenvalue weighted by atomic mass is 19.2. The average Bonchev–Trinajstić information content (AvgIpc) is 3.68. The number of nitrogens with one attached hydrogen (secondary N) is 2. The first-order valence-electron chi connectivity index (χ1n) is 14.8. The van der Waals surface area contributed by atoms with Crippen LogP contribution in [0.1, 0.15) is 38.9 Å². The topological polar surface area (TPSA) is 115 Å². The Labute approximate surface area is 262 Å². The molecule has 6 aromatic rings. The molecule has 0 unspecified atom stereocenters. The molecule has 4 aromatic carbocycles. The zero-order valence-electron chi connectivity index (χ0n) is 24.6. The molecular formula is C34H25F4N3O6. The van der Waals surface area contributed by atoms with Crippen molar-refractivity contribution in [2.75, 3.05) is 13.7 Å². The minimum Gasteiger partial charge on any atom is -0.394 e. The maximum Gasteiger partial charge on any atom is 0.259 e. The number of halogens is 4. The van der Waals surface area contributed by atoms with Crippen LogP contribution in [0.2, 0.25) is 0 Å². The summed E-state index contributed by atoms with van der Waals surface area (Å²) < 4.78 is 79.4. The molecule has 4 atom stereocenters. The van der Waals surface area contributed by atoms with Crippen LogP contribution in [-0.4, -0.2) is 58.5 Å². The van der Waals surface area contributed by atoms with Crippen LogP contribution in [0.15, 0.2) is 54.6 Å². The molecule has 1 saturated heterocycles. The van der Waals surface area contributed by atoms with Gasteiger partial charge in [0.2, 0.25) is 0 Å². The number of amides is 2. The fourth-order valence-corrected chi connectivity index (χ4v) is 7.04. The molecule has 0 bridgehead atoms. The number of aromatic nitrogens is 2. The van der Waals surface area contributed by atoms with Crippen LogP contribution >= 0.6 is 0 Å². The predicted octanol–water partition coefficient (Wildman–Crippen LogP) is 5.75. The number of nitrogens with zero attached hydrogens (tertiary/aromatic N) is 1. The number of benzene rings is 4. The maximum absolute atomic E-state index is 15.1. The van der Waals surface area contributed by atoms with E-state index in [0.29, 0.717) is 0 Å². The summed E-state index contributed by atoms with van der Waals surface area (Å²) in [5.74, 6) is -6.33. The second-order valence-electron chi connectivity index (χ2n) is 11.7. The van der Waals surface area contributed by atoms with Gasteiger partial charge in [0.25, 0.3) is 11.8 Å². The quantitative estimate of drug-likeness (QED) is 0.157. The van der Waals surface area contributed by atoms with E-state index in [1.165, 1.54) is 11.7 Å². The van der Waals surface area contributed by atoms with Crippen molar-refractivity contribution >= 4 is 55.4 Å². The molecule has 8 rings (SSSR count). The molecule has 47 heavy (non-hydrogen) atoms. The lowest BCUT2D eigenvalue weighted by molar-refractivity contribution is -0.227. The van der Waals surface area contributed by atoms with E-state index in [1.807, 2.05) is 30.3 Å². The summed E-state index contributed by atoms with van der Waals surface area (Å²) in [6.45, 7) is -0.295. The molecule has 2 amide bonds. The Morgan fingerprint density at radius 2 is 1.57 bits per heavy atom. The SMILES string of the molecule is CO[C@@H]1C[C@@H](CO)O[C@@H](n2c3cc(F)c(F)cc3c3c4c(c5c6cc(F)c(F)cc6[nH]c5c32)C(=O)NC4=O)[C@@H]1OCc1ccccc1. The van der Waals surface area contributed by atoms with Gasteiger partial charge in [-0.1, -0.05) is 30.3 Å². The number of rotatable bonds is 6. The van der Waals surface area contributed by atoms with Crippen LogP contribution in [0.3, 0.4) is 0 Å². The van der Waals surface area contributed by atoms with Crippen LogP contribution in [0.4, 0.5) is 17.6 Å². The highest BCUT2D eigenvalue weighted by Gasteiger charge is 2.44. The highest BCUT2D eigenvalue weighted by Crippen LogP contribution is 2.47. The first-order valence-corrected chi connectivity index (χ1v) is 14.8. The Kier molecular flexibility index (Phi) is 6.84. The molecule has 13 heteroatoms. The smallest absolute Gasteiger partial charge is 0.259 e. The van der Waals surface area contributed by atoms with Crippen LogP contribution in [0.5, 0.6) is 0 Å². The van der Waals surface area contributed by atoms with Gasteiger partial charge in [-0.25, -0.2) is 17.6 Å². The Morgan fingerprint density at radius 3 is 2.28 bits per heavy atom. The number of hydrogen-bond acceptors (Lipinski definition) is 6. The largest absolute Gasteiger partial charge is 0.394 e. The summed E-state index contributed by atoms with van der Waals surface area (Å²) in [6.07, 6.45) is -3.29. The van der Waals surface area contributed by atoms with Crippen molar-refractivity contribution < 1.29 is 46.5 Å². The van der Waals surface area contributed by atoms with Crippen molar-refractivity contribution in [1.82, 2.24) is 14.9 Å². The molecule has 4 heterocycles.